The van der Waals surface area contributed by atoms with Gasteiger partial charge in [0.25, 0.3) is 12.4 Å². The van der Waals surface area contributed by atoms with Gasteiger partial charge in [-0.3, -0.25) is 24.3 Å². The number of piperidine rings is 1. The summed E-state index contributed by atoms with van der Waals surface area (Å²) < 4.78 is 33.7. The Bertz CT molecular complexity index is 1590. The molecule has 0 saturated carbocycles. The van der Waals surface area contributed by atoms with Crippen LogP contribution >= 0.6 is 0 Å². The van der Waals surface area contributed by atoms with Crippen LogP contribution in [0.15, 0.2) is 58.8 Å². The molecule has 0 radical (unpaired) electrons. The van der Waals surface area contributed by atoms with Crippen molar-refractivity contribution in [1.82, 2.24) is 10.2 Å². The van der Waals surface area contributed by atoms with Gasteiger partial charge in [0.05, 0.1) is 12.8 Å². The Labute approximate surface area is 286 Å². The zero-order valence-electron chi connectivity index (χ0n) is 29.1. The first-order valence-corrected chi connectivity index (χ1v) is 15.9. The molecule has 13 heteroatoms. The predicted molar refractivity (Wildman–Crippen MR) is 188 cm³/mol. The number of benzene rings is 2. The van der Waals surface area contributed by atoms with Crippen molar-refractivity contribution in [3.05, 3.63) is 77.1 Å². The zero-order chi connectivity index (χ0) is 36.7. The SMILES string of the molecule is C/C=C\N=C(Nc1ccc(C(=O)NCC2CCN(C(C)(C)C(=O)O)CC2)c(CC)c1)C(C)=N/C=C(\C)c1ccc(OC)c(F)c1F.O=CO. The third kappa shape index (κ3) is 11.1. The summed E-state index contributed by atoms with van der Waals surface area (Å²) in [5.74, 6) is -2.51. The first-order chi connectivity index (χ1) is 23.2. The van der Waals surface area contributed by atoms with E-state index in [0.29, 0.717) is 54.4 Å². The van der Waals surface area contributed by atoms with E-state index in [4.69, 9.17) is 14.6 Å². The minimum Gasteiger partial charge on any atom is -0.494 e. The molecule has 0 unspecified atom stereocenters. The number of likely N-dealkylation sites (tertiary alicyclic amines) is 1. The van der Waals surface area contributed by atoms with Crippen LogP contribution in [-0.4, -0.2) is 77.3 Å². The first-order valence-electron chi connectivity index (χ1n) is 15.9. The molecule has 0 aromatic heterocycles. The number of ether oxygens (including phenoxy) is 1. The Kier molecular flexibility index (Phi) is 15.8. The fourth-order valence-electron chi connectivity index (χ4n) is 5.17. The lowest BCUT2D eigenvalue weighted by Crippen LogP contribution is -2.53. The van der Waals surface area contributed by atoms with Gasteiger partial charge < -0.3 is 25.6 Å². The molecular formula is C36H47F2N5O6. The largest absolute Gasteiger partial charge is 0.494 e. The van der Waals surface area contributed by atoms with Crippen molar-refractivity contribution in [3.63, 3.8) is 0 Å². The van der Waals surface area contributed by atoms with Crippen molar-refractivity contribution in [2.24, 2.45) is 15.9 Å². The number of carboxylic acid groups (broad SMARTS) is 2. The van der Waals surface area contributed by atoms with Gasteiger partial charge in [-0.15, -0.1) is 0 Å². The summed E-state index contributed by atoms with van der Waals surface area (Å²) in [6.45, 7) is 12.3. The standard InChI is InChI=1S/C35H45F2N5O4.CH2O2/c1-8-16-38-32(23(4)39-20-22(3)27-12-13-29(46-7)31(37)30(27)36)41-26-10-11-28(25(9-2)19-26)33(43)40-21-24-14-17-42(18-15-24)35(5,6)34(44)45;2-1-3/h8,10-13,16,19-20,24H,9,14-15,17-18,21H2,1-7H3,(H,38,41)(H,40,43)(H,44,45);1H,(H,2,3)/b16-8-,22-20+,39-23?;. The number of aryl methyl sites for hydroxylation is 1. The van der Waals surface area contributed by atoms with Crippen molar-refractivity contribution >= 4 is 41.2 Å². The highest BCUT2D eigenvalue weighted by molar-refractivity contribution is 6.45. The smallest absolute Gasteiger partial charge is 0.323 e. The van der Waals surface area contributed by atoms with Crippen molar-refractivity contribution in [3.8, 4) is 5.75 Å². The van der Waals surface area contributed by atoms with Gasteiger partial charge in [-0.1, -0.05) is 13.0 Å². The Morgan fingerprint density at radius 1 is 1.08 bits per heavy atom. The van der Waals surface area contributed by atoms with Crippen LogP contribution in [0.2, 0.25) is 0 Å². The van der Waals surface area contributed by atoms with E-state index < -0.39 is 23.1 Å². The summed E-state index contributed by atoms with van der Waals surface area (Å²) >= 11 is 0. The summed E-state index contributed by atoms with van der Waals surface area (Å²) in [7, 11) is 1.28. The van der Waals surface area contributed by atoms with E-state index in [1.165, 1.54) is 25.4 Å². The van der Waals surface area contributed by atoms with Crippen LogP contribution in [0, 0.1) is 17.6 Å². The molecule has 4 N–H and O–H groups in total. The second-order valence-electron chi connectivity index (χ2n) is 11.9. The zero-order valence-corrected chi connectivity index (χ0v) is 29.1. The fraction of sp³-hybridized carbons (Fsp3) is 0.417. The number of hydrogen-bond donors (Lipinski definition) is 4. The van der Waals surface area contributed by atoms with Gasteiger partial charge in [-0.05, 0) is 114 Å². The van der Waals surface area contributed by atoms with E-state index in [1.807, 2.05) is 24.8 Å². The van der Waals surface area contributed by atoms with Crippen molar-refractivity contribution in [1.29, 1.82) is 0 Å². The molecule has 1 fully saturated rings. The van der Waals surface area contributed by atoms with Crippen LogP contribution in [0.1, 0.15) is 75.9 Å². The fourth-order valence-corrected chi connectivity index (χ4v) is 5.17. The lowest BCUT2D eigenvalue weighted by atomic mass is 9.92. The number of amides is 1. The van der Waals surface area contributed by atoms with E-state index in [1.54, 1.807) is 52.1 Å². The maximum Gasteiger partial charge on any atom is 0.323 e. The molecule has 1 amide bonds. The number of carboxylic acids is 1. The summed E-state index contributed by atoms with van der Waals surface area (Å²) in [5, 5.41) is 22.7. The van der Waals surface area contributed by atoms with Crippen LogP contribution in [-0.2, 0) is 16.0 Å². The highest BCUT2D eigenvalue weighted by Crippen LogP contribution is 2.27. The molecule has 11 nitrogen and oxygen atoms in total. The third-order valence-corrected chi connectivity index (χ3v) is 8.31. The highest BCUT2D eigenvalue weighted by Gasteiger charge is 2.36. The van der Waals surface area contributed by atoms with Gasteiger partial charge in [-0.2, -0.15) is 4.39 Å². The maximum atomic E-state index is 14.6. The Balaban J connectivity index is 0.00000267. The van der Waals surface area contributed by atoms with Gasteiger partial charge >= 0.3 is 5.97 Å². The molecule has 266 valence electrons. The number of rotatable bonds is 12. The quantitative estimate of drug-likeness (QED) is 0.114. The molecule has 0 atom stereocenters. The van der Waals surface area contributed by atoms with Gasteiger partial charge in [-0.25, -0.2) is 9.38 Å². The average molecular weight is 684 g/mol. The number of nitrogens with zero attached hydrogens (tertiary/aromatic N) is 3. The number of aliphatic carboxylic acids is 1. The molecule has 49 heavy (non-hydrogen) atoms. The second kappa shape index (κ2) is 19.2. The molecule has 0 bridgehead atoms. The molecule has 1 aliphatic heterocycles. The molecule has 2 aromatic carbocycles. The molecule has 1 aliphatic rings. The average Bonchev–Trinajstić information content (AvgIpc) is 3.09. The molecule has 1 saturated heterocycles. The Hall–Kier alpha value is -4.91. The van der Waals surface area contributed by atoms with E-state index in [0.717, 1.165) is 18.4 Å². The Morgan fingerprint density at radius 2 is 1.71 bits per heavy atom. The first kappa shape index (κ1) is 40.3. The van der Waals surface area contributed by atoms with Gasteiger partial charge in [0.15, 0.2) is 17.4 Å². The van der Waals surface area contributed by atoms with E-state index in [2.05, 4.69) is 20.6 Å². The molecule has 0 aliphatic carbocycles. The predicted octanol–water partition coefficient (Wildman–Crippen LogP) is 6.41. The summed E-state index contributed by atoms with van der Waals surface area (Å²) in [6, 6.07) is 8.29. The van der Waals surface area contributed by atoms with Crippen LogP contribution in [0.5, 0.6) is 5.75 Å². The maximum absolute atomic E-state index is 14.6. The lowest BCUT2D eigenvalue weighted by Gasteiger charge is -2.40. The molecular weight excluding hydrogens is 636 g/mol. The van der Waals surface area contributed by atoms with Crippen LogP contribution in [0.3, 0.4) is 0 Å². The highest BCUT2D eigenvalue weighted by atomic mass is 19.2. The van der Waals surface area contributed by atoms with Gasteiger partial charge in [0.2, 0.25) is 5.82 Å². The summed E-state index contributed by atoms with van der Waals surface area (Å²) in [5.41, 5.74) is 2.24. The van der Waals surface area contributed by atoms with Crippen molar-refractivity contribution < 1.29 is 38.1 Å². The number of halogens is 2. The summed E-state index contributed by atoms with van der Waals surface area (Å²) in [4.78, 5) is 44.0. The Morgan fingerprint density at radius 3 is 2.29 bits per heavy atom. The number of carbonyl (C=O) groups is 3. The van der Waals surface area contributed by atoms with E-state index >= 15 is 0 Å². The van der Waals surface area contributed by atoms with Gasteiger partial charge in [0.1, 0.15) is 5.54 Å². The lowest BCUT2D eigenvalue weighted by molar-refractivity contribution is -0.150. The topological polar surface area (TPSA) is 153 Å². The van der Waals surface area contributed by atoms with Crippen LogP contribution in [0.25, 0.3) is 5.57 Å². The van der Waals surface area contributed by atoms with E-state index in [9.17, 15) is 23.5 Å². The van der Waals surface area contributed by atoms with Crippen LogP contribution < -0.4 is 15.4 Å². The number of amidine groups is 1. The second-order valence-corrected chi connectivity index (χ2v) is 11.9. The minimum atomic E-state index is -1.06. The number of aliphatic imine (C=N–C) groups is 2. The molecule has 1 heterocycles. The number of methoxy groups -OCH3 is 1. The van der Waals surface area contributed by atoms with Crippen molar-refractivity contribution in [2.75, 3.05) is 32.1 Å². The van der Waals surface area contributed by atoms with Gasteiger partial charge in [0, 0.05) is 35.8 Å². The number of nitrogens with one attached hydrogen (secondary N) is 2. The number of anilines is 1. The molecule has 0 spiro atoms. The van der Waals surface area contributed by atoms with E-state index in [-0.39, 0.29) is 29.6 Å². The van der Waals surface area contributed by atoms with Crippen molar-refractivity contribution in [2.45, 2.75) is 66.3 Å². The summed E-state index contributed by atoms with van der Waals surface area (Å²) in [6.07, 6.45) is 7.10. The monoisotopic (exact) mass is 683 g/mol. The minimum absolute atomic E-state index is 0.0730. The number of hydrogen-bond acceptors (Lipinski definition) is 7. The molecule has 2 aromatic rings. The van der Waals surface area contributed by atoms with Crippen LogP contribution in [0.4, 0.5) is 14.5 Å². The number of carbonyl (C=O) groups excluding carboxylic acids is 1. The molecule has 3 rings (SSSR count). The third-order valence-electron chi connectivity index (χ3n) is 8.31. The normalized spacial score (nSPS) is 15.0. The number of allylic oxidation sites excluding steroid dienone is 2.